The van der Waals surface area contributed by atoms with Crippen LogP contribution in [-0.4, -0.2) is 30.3 Å². The number of aliphatic hydroxyl groups is 1. The van der Waals surface area contributed by atoms with Crippen molar-refractivity contribution >= 4 is 5.69 Å². The average molecular weight is 252 g/mol. The molecule has 18 heavy (non-hydrogen) atoms. The molecule has 4 heteroatoms. The zero-order chi connectivity index (χ0) is 13.2. The molecule has 1 atom stereocenters. The van der Waals surface area contributed by atoms with Gasteiger partial charge in [-0.25, -0.2) is 4.39 Å². The van der Waals surface area contributed by atoms with Gasteiger partial charge in [-0.15, -0.1) is 0 Å². The SMILES string of the molecule is CCNCc1c(F)cccc1N1CCC(C)(O)C1. The topological polar surface area (TPSA) is 35.5 Å². The van der Waals surface area contributed by atoms with E-state index in [2.05, 4.69) is 10.2 Å². The lowest BCUT2D eigenvalue weighted by Gasteiger charge is -2.24. The molecular weight excluding hydrogens is 231 g/mol. The van der Waals surface area contributed by atoms with E-state index < -0.39 is 5.60 Å². The Bertz CT molecular complexity index is 420. The van der Waals surface area contributed by atoms with Crippen molar-refractivity contribution in [3.63, 3.8) is 0 Å². The van der Waals surface area contributed by atoms with Crippen LogP contribution >= 0.6 is 0 Å². The maximum Gasteiger partial charge on any atom is 0.129 e. The quantitative estimate of drug-likeness (QED) is 0.859. The first-order valence-electron chi connectivity index (χ1n) is 6.49. The molecule has 3 nitrogen and oxygen atoms in total. The van der Waals surface area contributed by atoms with Gasteiger partial charge in [0, 0.05) is 30.9 Å². The highest BCUT2D eigenvalue weighted by Crippen LogP contribution is 2.30. The van der Waals surface area contributed by atoms with Gasteiger partial charge in [-0.3, -0.25) is 0 Å². The molecular formula is C14H21FN2O. The molecule has 1 saturated heterocycles. The summed E-state index contributed by atoms with van der Waals surface area (Å²) in [6.45, 7) is 6.51. The second-order valence-electron chi connectivity index (χ2n) is 5.19. The lowest BCUT2D eigenvalue weighted by atomic mass is 10.1. The van der Waals surface area contributed by atoms with Gasteiger partial charge in [0.1, 0.15) is 5.82 Å². The lowest BCUT2D eigenvalue weighted by molar-refractivity contribution is 0.0839. The molecule has 1 aromatic rings. The minimum atomic E-state index is -0.665. The Labute approximate surface area is 108 Å². The van der Waals surface area contributed by atoms with E-state index in [1.165, 1.54) is 6.07 Å². The van der Waals surface area contributed by atoms with Crippen molar-refractivity contribution in [2.24, 2.45) is 0 Å². The van der Waals surface area contributed by atoms with Gasteiger partial charge in [0.2, 0.25) is 0 Å². The molecule has 1 aliphatic heterocycles. The fourth-order valence-electron chi connectivity index (χ4n) is 2.42. The number of β-amino-alcohol motifs (C(OH)–C–C–N with tert-alkyl or cyclic N) is 1. The van der Waals surface area contributed by atoms with Crippen molar-refractivity contribution in [2.45, 2.75) is 32.4 Å². The predicted octanol–water partition coefficient (Wildman–Crippen LogP) is 1.90. The summed E-state index contributed by atoms with van der Waals surface area (Å²) < 4.78 is 13.9. The van der Waals surface area contributed by atoms with E-state index >= 15 is 0 Å². The normalized spacial score (nSPS) is 23.7. The van der Waals surface area contributed by atoms with Crippen LogP contribution in [0.5, 0.6) is 0 Å². The van der Waals surface area contributed by atoms with Crippen molar-refractivity contribution in [2.75, 3.05) is 24.5 Å². The number of benzene rings is 1. The minimum Gasteiger partial charge on any atom is -0.388 e. The van der Waals surface area contributed by atoms with Crippen molar-refractivity contribution in [3.8, 4) is 0 Å². The first kappa shape index (κ1) is 13.3. The summed E-state index contributed by atoms with van der Waals surface area (Å²) in [4.78, 5) is 2.07. The summed E-state index contributed by atoms with van der Waals surface area (Å²) in [6.07, 6.45) is 0.726. The highest BCUT2D eigenvalue weighted by atomic mass is 19.1. The molecule has 0 bridgehead atoms. The van der Waals surface area contributed by atoms with E-state index in [0.717, 1.165) is 25.2 Å². The van der Waals surface area contributed by atoms with Crippen molar-refractivity contribution in [3.05, 3.63) is 29.6 Å². The summed E-state index contributed by atoms with van der Waals surface area (Å²) in [5, 5.41) is 13.2. The molecule has 0 aromatic heterocycles. The van der Waals surface area contributed by atoms with Crippen LogP contribution < -0.4 is 10.2 Å². The molecule has 100 valence electrons. The highest BCUT2D eigenvalue weighted by molar-refractivity contribution is 5.55. The third-order valence-corrected chi connectivity index (χ3v) is 3.44. The third kappa shape index (κ3) is 2.82. The predicted molar refractivity (Wildman–Crippen MR) is 71.2 cm³/mol. The first-order valence-corrected chi connectivity index (χ1v) is 6.49. The van der Waals surface area contributed by atoms with Crippen LogP contribution in [0.2, 0.25) is 0 Å². The molecule has 1 heterocycles. The summed E-state index contributed by atoms with van der Waals surface area (Å²) in [5.74, 6) is -0.181. The van der Waals surface area contributed by atoms with Crippen LogP contribution in [0.1, 0.15) is 25.8 Å². The third-order valence-electron chi connectivity index (χ3n) is 3.44. The molecule has 0 saturated carbocycles. The minimum absolute atomic E-state index is 0.181. The Hall–Kier alpha value is -1.13. The van der Waals surface area contributed by atoms with Gasteiger partial charge in [0.05, 0.1) is 5.60 Å². The number of rotatable bonds is 4. The molecule has 0 spiro atoms. The standard InChI is InChI=1S/C14H21FN2O/c1-3-16-9-11-12(15)5-4-6-13(11)17-8-7-14(2,18)10-17/h4-6,16,18H,3,7-10H2,1-2H3. The number of nitrogens with one attached hydrogen (secondary N) is 1. The fourth-order valence-corrected chi connectivity index (χ4v) is 2.42. The molecule has 1 fully saturated rings. The van der Waals surface area contributed by atoms with Gasteiger partial charge >= 0.3 is 0 Å². The van der Waals surface area contributed by atoms with Gasteiger partial charge in [0.15, 0.2) is 0 Å². The maximum atomic E-state index is 13.9. The second kappa shape index (κ2) is 5.24. The lowest BCUT2D eigenvalue weighted by Crippen LogP contribution is -2.30. The largest absolute Gasteiger partial charge is 0.388 e. The summed E-state index contributed by atoms with van der Waals surface area (Å²) in [7, 11) is 0. The van der Waals surface area contributed by atoms with Crippen LogP contribution in [0.15, 0.2) is 18.2 Å². The van der Waals surface area contributed by atoms with Crippen molar-refractivity contribution in [1.82, 2.24) is 5.32 Å². The monoisotopic (exact) mass is 252 g/mol. The van der Waals surface area contributed by atoms with E-state index in [0.29, 0.717) is 18.7 Å². The Kier molecular flexibility index (Phi) is 3.88. The Morgan fingerprint density at radius 2 is 2.28 bits per heavy atom. The zero-order valence-electron chi connectivity index (χ0n) is 11.0. The summed E-state index contributed by atoms with van der Waals surface area (Å²) >= 11 is 0. The summed E-state index contributed by atoms with van der Waals surface area (Å²) in [6, 6.07) is 5.15. The van der Waals surface area contributed by atoms with Crippen LogP contribution in [0.3, 0.4) is 0 Å². The number of hydrogen-bond donors (Lipinski definition) is 2. The zero-order valence-corrected chi connectivity index (χ0v) is 11.0. The molecule has 0 amide bonds. The Morgan fingerprint density at radius 1 is 1.50 bits per heavy atom. The van der Waals surface area contributed by atoms with Crippen molar-refractivity contribution < 1.29 is 9.50 Å². The van der Waals surface area contributed by atoms with E-state index in [4.69, 9.17) is 0 Å². The molecule has 2 N–H and O–H groups in total. The molecule has 1 unspecified atom stereocenters. The molecule has 0 aliphatic carbocycles. The van der Waals surface area contributed by atoms with Gasteiger partial charge < -0.3 is 15.3 Å². The Morgan fingerprint density at radius 3 is 2.89 bits per heavy atom. The highest BCUT2D eigenvalue weighted by Gasteiger charge is 2.32. The van der Waals surface area contributed by atoms with Gasteiger partial charge in [0.25, 0.3) is 0 Å². The average Bonchev–Trinajstić information content (AvgIpc) is 2.68. The van der Waals surface area contributed by atoms with E-state index in [-0.39, 0.29) is 5.82 Å². The smallest absolute Gasteiger partial charge is 0.129 e. The van der Waals surface area contributed by atoms with Gasteiger partial charge in [-0.05, 0) is 32.0 Å². The van der Waals surface area contributed by atoms with Crippen molar-refractivity contribution in [1.29, 1.82) is 0 Å². The number of nitrogens with zero attached hydrogens (tertiary/aromatic N) is 1. The van der Waals surface area contributed by atoms with E-state index in [1.807, 2.05) is 19.9 Å². The number of anilines is 1. The van der Waals surface area contributed by atoms with Crippen LogP contribution in [0.25, 0.3) is 0 Å². The van der Waals surface area contributed by atoms with E-state index in [1.54, 1.807) is 6.07 Å². The maximum absolute atomic E-state index is 13.9. The van der Waals surface area contributed by atoms with Crippen LogP contribution in [0, 0.1) is 5.82 Å². The molecule has 1 aliphatic rings. The number of hydrogen-bond acceptors (Lipinski definition) is 3. The van der Waals surface area contributed by atoms with Gasteiger partial charge in [-0.2, -0.15) is 0 Å². The molecule has 0 radical (unpaired) electrons. The van der Waals surface area contributed by atoms with Crippen LogP contribution in [0.4, 0.5) is 10.1 Å². The number of halogens is 1. The van der Waals surface area contributed by atoms with E-state index in [9.17, 15) is 9.50 Å². The first-order chi connectivity index (χ1) is 8.53. The Balaban J connectivity index is 2.24. The molecule has 2 rings (SSSR count). The second-order valence-corrected chi connectivity index (χ2v) is 5.19. The summed E-state index contributed by atoms with van der Waals surface area (Å²) in [5.41, 5.74) is 0.924. The van der Waals surface area contributed by atoms with Gasteiger partial charge in [-0.1, -0.05) is 13.0 Å². The van der Waals surface area contributed by atoms with Crippen LogP contribution in [-0.2, 0) is 6.54 Å². The molecule has 1 aromatic carbocycles. The fraction of sp³-hybridized carbons (Fsp3) is 0.571.